The van der Waals surface area contributed by atoms with Crippen molar-refractivity contribution in [2.24, 2.45) is 0 Å². The van der Waals surface area contributed by atoms with Gasteiger partial charge in [-0.15, -0.1) is 0 Å². The molecule has 0 saturated carbocycles. The molecular weight excluding hydrogens is 293 g/mol. The number of benzene rings is 2. The molecule has 0 spiro atoms. The van der Waals surface area contributed by atoms with E-state index in [1.54, 1.807) is 0 Å². The minimum absolute atomic E-state index is 0.0891. The summed E-state index contributed by atoms with van der Waals surface area (Å²) in [4.78, 5) is 11.7. The summed E-state index contributed by atoms with van der Waals surface area (Å²) in [6.45, 7) is 0.290. The van der Waals surface area contributed by atoms with E-state index < -0.39 is 11.7 Å². The highest BCUT2D eigenvalue weighted by molar-refractivity contribution is 5.80. The molecule has 6 heteroatoms. The highest BCUT2D eigenvalue weighted by Crippen LogP contribution is 2.30. The molecule has 0 saturated heterocycles. The van der Waals surface area contributed by atoms with Crippen LogP contribution in [0, 0.1) is 0 Å². The molecule has 22 heavy (non-hydrogen) atoms. The maximum atomic E-state index is 12.6. The van der Waals surface area contributed by atoms with Gasteiger partial charge in [0.25, 0.3) is 0 Å². The van der Waals surface area contributed by atoms with E-state index in [1.165, 1.54) is 12.1 Å². The SMILES string of the molecule is O=C(CNc1cccc(C(F)(F)F)c1)NCc1ccccc1. The molecule has 0 fully saturated rings. The first-order valence-corrected chi connectivity index (χ1v) is 6.67. The van der Waals surface area contributed by atoms with E-state index >= 15 is 0 Å². The number of halogens is 3. The van der Waals surface area contributed by atoms with Gasteiger partial charge in [-0.1, -0.05) is 36.4 Å². The summed E-state index contributed by atoms with van der Waals surface area (Å²) in [5, 5.41) is 5.37. The summed E-state index contributed by atoms with van der Waals surface area (Å²) in [6, 6.07) is 14.1. The number of carbonyl (C=O) groups excluding carboxylic acids is 1. The number of hydrogen-bond acceptors (Lipinski definition) is 2. The minimum Gasteiger partial charge on any atom is -0.376 e. The van der Waals surface area contributed by atoms with Crippen LogP contribution < -0.4 is 10.6 Å². The number of hydrogen-bond donors (Lipinski definition) is 2. The average molecular weight is 308 g/mol. The molecule has 0 bridgehead atoms. The summed E-state index contributed by atoms with van der Waals surface area (Å²) in [5.41, 5.74) is 0.460. The van der Waals surface area contributed by atoms with Gasteiger partial charge in [-0.3, -0.25) is 4.79 Å². The van der Waals surface area contributed by atoms with E-state index in [-0.39, 0.29) is 18.1 Å². The highest BCUT2D eigenvalue weighted by Gasteiger charge is 2.30. The third-order valence-corrected chi connectivity index (χ3v) is 2.98. The Morgan fingerprint density at radius 1 is 1.00 bits per heavy atom. The van der Waals surface area contributed by atoms with Gasteiger partial charge in [0.15, 0.2) is 0 Å². The Kier molecular flexibility index (Phi) is 5.04. The third kappa shape index (κ3) is 4.80. The van der Waals surface area contributed by atoms with Gasteiger partial charge in [-0.2, -0.15) is 13.2 Å². The van der Waals surface area contributed by atoms with Crippen LogP contribution in [0.2, 0.25) is 0 Å². The summed E-state index contributed by atoms with van der Waals surface area (Å²) < 4.78 is 37.7. The van der Waals surface area contributed by atoms with Crippen molar-refractivity contribution in [1.82, 2.24) is 5.32 Å². The Morgan fingerprint density at radius 2 is 1.73 bits per heavy atom. The third-order valence-electron chi connectivity index (χ3n) is 2.98. The van der Waals surface area contributed by atoms with Gasteiger partial charge < -0.3 is 10.6 Å². The highest BCUT2D eigenvalue weighted by atomic mass is 19.4. The summed E-state index contributed by atoms with van der Waals surface area (Å²) in [7, 11) is 0. The summed E-state index contributed by atoms with van der Waals surface area (Å²) in [5.74, 6) is -0.290. The Balaban J connectivity index is 1.84. The average Bonchev–Trinajstić information content (AvgIpc) is 2.51. The molecule has 0 atom stereocenters. The molecule has 116 valence electrons. The molecular formula is C16H15F3N2O. The standard InChI is InChI=1S/C16H15F3N2O/c17-16(18,19)13-7-4-8-14(9-13)20-11-15(22)21-10-12-5-2-1-3-6-12/h1-9,20H,10-11H2,(H,21,22). The van der Waals surface area contributed by atoms with Crippen LogP contribution in [0.3, 0.4) is 0 Å². The van der Waals surface area contributed by atoms with Crippen LogP contribution in [0.4, 0.5) is 18.9 Å². The Bertz CT molecular complexity index is 627. The number of alkyl halides is 3. The van der Waals surface area contributed by atoms with Crippen molar-refractivity contribution in [2.45, 2.75) is 12.7 Å². The summed E-state index contributed by atoms with van der Waals surface area (Å²) in [6.07, 6.45) is -4.40. The number of anilines is 1. The van der Waals surface area contributed by atoms with Crippen molar-refractivity contribution >= 4 is 11.6 Å². The van der Waals surface area contributed by atoms with Crippen LogP contribution in [-0.4, -0.2) is 12.5 Å². The molecule has 2 rings (SSSR count). The molecule has 2 aromatic rings. The first kappa shape index (κ1) is 15.9. The van der Waals surface area contributed by atoms with Crippen molar-refractivity contribution in [3.05, 3.63) is 65.7 Å². The maximum Gasteiger partial charge on any atom is 0.416 e. The molecule has 3 nitrogen and oxygen atoms in total. The van der Waals surface area contributed by atoms with Gasteiger partial charge >= 0.3 is 6.18 Å². The first-order valence-electron chi connectivity index (χ1n) is 6.67. The molecule has 2 N–H and O–H groups in total. The lowest BCUT2D eigenvalue weighted by Gasteiger charge is -2.11. The van der Waals surface area contributed by atoms with E-state index in [9.17, 15) is 18.0 Å². The molecule has 0 radical (unpaired) electrons. The molecule has 1 amide bonds. The van der Waals surface area contributed by atoms with Gasteiger partial charge in [-0.25, -0.2) is 0 Å². The van der Waals surface area contributed by atoms with Crippen molar-refractivity contribution < 1.29 is 18.0 Å². The van der Waals surface area contributed by atoms with Gasteiger partial charge in [0.2, 0.25) is 5.91 Å². The fourth-order valence-corrected chi connectivity index (χ4v) is 1.85. The van der Waals surface area contributed by atoms with Crippen LogP contribution in [0.5, 0.6) is 0 Å². The lowest BCUT2D eigenvalue weighted by atomic mass is 10.2. The quantitative estimate of drug-likeness (QED) is 0.888. The zero-order valence-electron chi connectivity index (χ0n) is 11.7. The zero-order chi connectivity index (χ0) is 16.0. The monoisotopic (exact) mass is 308 g/mol. The molecule has 0 aliphatic carbocycles. The van der Waals surface area contributed by atoms with Crippen molar-refractivity contribution in [3.63, 3.8) is 0 Å². The number of rotatable bonds is 5. The molecule has 0 heterocycles. The predicted molar refractivity (Wildman–Crippen MR) is 78.2 cm³/mol. The van der Waals surface area contributed by atoms with E-state index in [1.807, 2.05) is 30.3 Å². The van der Waals surface area contributed by atoms with Gasteiger partial charge in [-0.05, 0) is 23.8 Å². The number of nitrogens with one attached hydrogen (secondary N) is 2. The van der Waals surface area contributed by atoms with Gasteiger partial charge in [0, 0.05) is 12.2 Å². The molecule has 0 unspecified atom stereocenters. The van der Waals surface area contributed by atoms with E-state index in [2.05, 4.69) is 10.6 Å². The lowest BCUT2D eigenvalue weighted by molar-refractivity contribution is -0.137. The van der Waals surface area contributed by atoms with Crippen LogP contribution in [-0.2, 0) is 17.5 Å². The maximum absolute atomic E-state index is 12.6. The van der Waals surface area contributed by atoms with Gasteiger partial charge in [0.05, 0.1) is 12.1 Å². The van der Waals surface area contributed by atoms with E-state index in [0.29, 0.717) is 6.54 Å². The first-order chi connectivity index (χ1) is 10.4. The van der Waals surface area contributed by atoms with Crippen LogP contribution in [0.15, 0.2) is 54.6 Å². The van der Waals surface area contributed by atoms with Crippen molar-refractivity contribution in [3.8, 4) is 0 Å². The molecule has 0 aliphatic rings. The number of amides is 1. The Labute approximate surface area is 126 Å². The fourth-order valence-electron chi connectivity index (χ4n) is 1.85. The number of carbonyl (C=O) groups is 1. The lowest BCUT2D eigenvalue weighted by Crippen LogP contribution is -2.29. The minimum atomic E-state index is -4.40. The van der Waals surface area contributed by atoms with E-state index in [4.69, 9.17) is 0 Å². The van der Waals surface area contributed by atoms with E-state index in [0.717, 1.165) is 17.7 Å². The van der Waals surface area contributed by atoms with Crippen LogP contribution in [0.1, 0.15) is 11.1 Å². The Hall–Kier alpha value is -2.50. The van der Waals surface area contributed by atoms with Crippen molar-refractivity contribution in [2.75, 3.05) is 11.9 Å². The largest absolute Gasteiger partial charge is 0.416 e. The molecule has 0 aromatic heterocycles. The second-order valence-corrected chi connectivity index (χ2v) is 4.69. The van der Waals surface area contributed by atoms with Crippen molar-refractivity contribution in [1.29, 1.82) is 0 Å². The van der Waals surface area contributed by atoms with Gasteiger partial charge in [0.1, 0.15) is 0 Å². The topological polar surface area (TPSA) is 41.1 Å². The normalized spacial score (nSPS) is 11.0. The summed E-state index contributed by atoms with van der Waals surface area (Å²) >= 11 is 0. The second kappa shape index (κ2) is 6.98. The van der Waals surface area contributed by atoms with Crippen LogP contribution in [0.25, 0.3) is 0 Å². The molecule has 0 aliphatic heterocycles. The second-order valence-electron chi connectivity index (χ2n) is 4.69. The predicted octanol–water partition coefficient (Wildman–Crippen LogP) is 3.43. The van der Waals surface area contributed by atoms with Crippen LogP contribution >= 0.6 is 0 Å². The fraction of sp³-hybridized carbons (Fsp3) is 0.188. The zero-order valence-corrected chi connectivity index (χ0v) is 11.7. The smallest absolute Gasteiger partial charge is 0.376 e. The molecule has 2 aromatic carbocycles. The Morgan fingerprint density at radius 3 is 2.41 bits per heavy atom.